The normalized spacial score (nSPS) is 11.1. The molecule has 0 aliphatic carbocycles. The summed E-state index contributed by atoms with van der Waals surface area (Å²) in [5.74, 6) is -10.6. The summed E-state index contributed by atoms with van der Waals surface area (Å²) >= 11 is 0. The average Bonchev–Trinajstić information content (AvgIpc) is 3.11. The lowest BCUT2D eigenvalue weighted by molar-refractivity contribution is 0.102. The van der Waals surface area contributed by atoms with E-state index in [9.17, 15) is 31.1 Å². The van der Waals surface area contributed by atoms with Gasteiger partial charge in [0, 0.05) is 17.0 Å². The van der Waals surface area contributed by atoms with Crippen LogP contribution in [-0.4, -0.2) is 16.1 Å². The van der Waals surface area contributed by atoms with Crippen LogP contribution in [0.3, 0.4) is 0 Å². The lowest BCUT2D eigenvalue weighted by Gasteiger charge is -2.07. The van der Waals surface area contributed by atoms with E-state index in [2.05, 4.69) is 15.5 Å². The summed E-state index contributed by atoms with van der Waals surface area (Å²) in [4.78, 5) is 12.2. The van der Waals surface area contributed by atoms with Gasteiger partial charge in [0.15, 0.2) is 29.1 Å². The maximum atomic E-state index is 14.0. The van der Waals surface area contributed by atoms with E-state index in [0.29, 0.717) is 16.5 Å². The fraction of sp³-hybridized carbons (Fsp3) is 0. The van der Waals surface area contributed by atoms with E-state index in [1.54, 1.807) is 0 Å². The minimum atomic E-state index is -2.11. The Labute approximate surface area is 164 Å². The van der Waals surface area contributed by atoms with Gasteiger partial charge >= 0.3 is 0 Å². The monoisotopic (exact) mass is 421 g/mol. The maximum absolute atomic E-state index is 14.0. The number of hydrogen-bond acceptors (Lipinski definition) is 2. The number of carbonyl (C=O) groups excluding carboxylic acids is 1. The largest absolute Gasteiger partial charge is 0.304 e. The zero-order valence-corrected chi connectivity index (χ0v) is 14.7. The first-order valence-corrected chi connectivity index (χ1v) is 8.34. The number of fused-ring (bicyclic) bond motifs is 1. The first kappa shape index (κ1) is 19.5. The molecule has 10 heteroatoms. The molecule has 1 aromatic heterocycles. The van der Waals surface area contributed by atoms with Gasteiger partial charge in [0.1, 0.15) is 11.6 Å². The van der Waals surface area contributed by atoms with Gasteiger partial charge in [0.2, 0.25) is 0 Å². The second-order valence-corrected chi connectivity index (χ2v) is 6.26. The molecule has 0 unspecified atom stereocenters. The SMILES string of the molecule is O=C(Nc1n[nH]c2cc(-c3ccc(F)cc3F)ccc12)c1cc(F)c(F)c(F)c1F. The quantitative estimate of drug-likeness (QED) is 0.267. The number of hydrogen-bond donors (Lipinski definition) is 2. The Hall–Kier alpha value is -3.82. The van der Waals surface area contributed by atoms with E-state index in [-0.39, 0.29) is 17.4 Å². The van der Waals surface area contributed by atoms with Crippen molar-refractivity contribution in [3.63, 3.8) is 0 Å². The van der Waals surface area contributed by atoms with Crippen LogP contribution in [0.25, 0.3) is 22.0 Å². The van der Waals surface area contributed by atoms with Crippen LogP contribution >= 0.6 is 0 Å². The molecule has 0 saturated carbocycles. The number of amides is 1. The van der Waals surface area contributed by atoms with E-state index < -0.39 is 46.4 Å². The average molecular weight is 421 g/mol. The highest BCUT2D eigenvalue weighted by molar-refractivity contribution is 6.08. The predicted molar refractivity (Wildman–Crippen MR) is 95.7 cm³/mol. The van der Waals surface area contributed by atoms with Gasteiger partial charge < -0.3 is 5.32 Å². The van der Waals surface area contributed by atoms with Crippen molar-refractivity contribution in [1.82, 2.24) is 10.2 Å². The third kappa shape index (κ3) is 3.25. The number of carbonyl (C=O) groups is 1. The highest BCUT2D eigenvalue weighted by Gasteiger charge is 2.24. The molecule has 4 rings (SSSR count). The summed E-state index contributed by atoms with van der Waals surface area (Å²) < 4.78 is 80.6. The minimum Gasteiger partial charge on any atom is -0.304 e. The van der Waals surface area contributed by atoms with Crippen molar-refractivity contribution in [3.05, 3.63) is 82.9 Å². The lowest BCUT2D eigenvalue weighted by Crippen LogP contribution is -2.16. The number of benzene rings is 3. The highest BCUT2D eigenvalue weighted by atomic mass is 19.2. The maximum Gasteiger partial charge on any atom is 0.260 e. The van der Waals surface area contributed by atoms with Crippen molar-refractivity contribution in [2.75, 3.05) is 5.32 Å². The molecule has 0 atom stereocenters. The number of nitrogens with one attached hydrogen (secondary N) is 2. The number of halogens is 6. The number of aromatic amines is 1. The summed E-state index contributed by atoms with van der Waals surface area (Å²) in [5, 5.41) is 8.89. The van der Waals surface area contributed by atoms with Gasteiger partial charge in [-0.1, -0.05) is 6.07 Å². The van der Waals surface area contributed by atoms with Crippen molar-refractivity contribution >= 4 is 22.6 Å². The van der Waals surface area contributed by atoms with Crippen LogP contribution in [0, 0.1) is 34.9 Å². The topological polar surface area (TPSA) is 57.8 Å². The number of rotatable bonds is 3. The molecule has 3 aromatic carbocycles. The molecule has 0 aliphatic heterocycles. The minimum absolute atomic E-state index is 0.106. The van der Waals surface area contributed by atoms with Crippen LogP contribution in [0.4, 0.5) is 32.2 Å². The molecular weight excluding hydrogens is 412 g/mol. The van der Waals surface area contributed by atoms with Crippen LogP contribution in [-0.2, 0) is 0 Å². The Morgan fingerprint density at radius 2 is 1.60 bits per heavy atom. The Kier molecular flexibility index (Phi) is 4.69. The Bertz CT molecular complexity index is 1320. The third-order valence-corrected chi connectivity index (χ3v) is 4.38. The predicted octanol–water partition coefficient (Wildman–Crippen LogP) is 5.32. The fourth-order valence-corrected chi connectivity index (χ4v) is 2.92. The van der Waals surface area contributed by atoms with Gasteiger partial charge in [-0.2, -0.15) is 5.10 Å². The molecule has 4 aromatic rings. The third-order valence-electron chi connectivity index (χ3n) is 4.38. The molecule has 0 radical (unpaired) electrons. The number of aromatic nitrogens is 2. The van der Waals surface area contributed by atoms with Gasteiger partial charge in [-0.05, 0) is 35.9 Å². The number of H-pyrrole nitrogens is 1. The molecule has 1 amide bonds. The molecule has 0 bridgehead atoms. The Morgan fingerprint density at radius 1 is 0.833 bits per heavy atom. The molecular formula is C20H9F6N3O. The van der Waals surface area contributed by atoms with Crippen molar-refractivity contribution in [2.45, 2.75) is 0 Å². The zero-order chi connectivity index (χ0) is 21.6. The van der Waals surface area contributed by atoms with Gasteiger partial charge in [0.25, 0.3) is 5.91 Å². The van der Waals surface area contributed by atoms with E-state index >= 15 is 0 Å². The van der Waals surface area contributed by atoms with Crippen LogP contribution in [0.15, 0.2) is 42.5 Å². The molecule has 0 spiro atoms. The number of nitrogens with zero attached hydrogens (tertiary/aromatic N) is 1. The highest BCUT2D eigenvalue weighted by Crippen LogP contribution is 2.29. The van der Waals surface area contributed by atoms with Crippen molar-refractivity contribution in [2.24, 2.45) is 0 Å². The first-order chi connectivity index (χ1) is 14.3. The van der Waals surface area contributed by atoms with Gasteiger partial charge in [0.05, 0.1) is 11.1 Å². The van der Waals surface area contributed by atoms with E-state index in [1.165, 1.54) is 24.3 Å². The fourth-order valence-electron chi connectivity index (χ4n) is 2.92. The van der Waals surface area contributed by atoms with Crippen LogP contribution in [0.5, 0.6) is 0 Å². The summed E-state index contributed by atoms with van der Waals surface area (Å²) in [5.41, 5.74) is -0.205. The van der Waals surface area contributed by atoms with E-state index in [0.717, 1.165) is 12.1 Å². The second-order valence-electron chi connectivity index (χ2n) is 6.26. The summed E-state index contributed by atoms with van der Waals surface area (Å²) in [7, 11) is 0. The van der Waals surface area contributed by atoms with Gasteiger partial charge in [-0.3, -0.25) is 9.89 Å². The van der Waals surface area contributed by atoms with Crippen LogP contribution in [0.2, 0.25) is 0 Å². The summed E-state index contributed by atoms with van der Waals surface area (Å²) in [6.07, 6.45) is 0. The summed E-state index contributed by atoms with van der Waals surface area (Å²) in [6, 6.07) is 7.71. The molecule has 30 heavy (non-hydrogen) atoms. The van der Waals surface area contributed by atoms with Crippen molar-refractivity contribution < 1.29 is 31.1 Å². The van der Waals surface area contributed by atoms with E-state index in [1.807, 2.05) is 0 Å². The first-order valence-electron chi connectivity index (χ1n) is 8.34. The van der Waals surface area contributed by atoms with Crippen LogP contribution in [0.1, 0.15) is 10.4 Å². The smallest absolute Gasteiger partial charge is 0.260 e. The van der Waals surface area contributed by atoms with Gasteiger partial charge in [-0.15, -0.1) is 0 Å². The van der Waals surface area contributed by atoms with Crippen molar-refractivity contribution in [1.29, 1.82) is 0 Å². The Morgan fingerprint density at radius 3 is 2.33 bits per heavy atom. The molecule has 0 fully saturated rings. The molecule has 4 nitrogen and oxygen atoms in total. The molecule has 152 valence electrons. The van der Waals surface area contributed by atoms with Gasteiger partial charge in [-0.25, -0.2) is 26.3 Å². The standard InChI is InChI=1S/C20H9F6N3O/c21-9-2-4-10(13(22)6-9)8-1-3-11-15(5-8)28-29-19(11)27-20(30)12-7-14(23)17(25)18(26)16(12)24/h1-7H,(H2,27,28,29,30). The molecule has 1 heterocycles. The molecule has 0 saturated heterocycles. The number of anilines is 1. The molecule has 2 N–H and O–H groups in total. The lowest BCUT2D eigenvalue weighted by atomic mass is 10.0. The van der Waals surface area contributed by atoms with Crippen molar-refractivity contribution in [3.8, 4) is 11.1 Å². The Balaban J connectivity index is 1.67. The molecule has 0 aliphatic rings. The van der Waals surface area contributed by atoms with Crippen LogP contribution < -0.4 is 5.32 Å². The summed E-state index contributed by atoms with van der Waals surface area (Å²) in [6.45, 7) is 0. The van der Waals surface area contributed by atoms with E-state index in [4.69, 9.17) is 0 Å². The second kappa shape index (κ2) is 7.21. The zero-order valence-electron chi connectivity index (χ0n) is 14.7.